The van der Waals surface area contributed by atoms with Crippen molar-refractivity contribution >= 4 is 10.0 Å². The Morgan fingerprint density at radius 1 is 1.25 bits per heavy atom. The molecule has 0 radical (unpaired) electrons. The maximum Gasteiger partial charge on any atom is 0.244 e. The predicted molar refractivity (Wildman–Crippen MR) is 77.6 cm³/mol. The van der Waals surface area contributed by atoms with Gasteiger partial charge in [-0.3, -0.25) is 0 Å². The highest BCUT2D eigenvalue weighted by Crippen LogP contribution is 2.28. The number of hydrogen-bond acceptors (Lipinski definition) is 3. The molecule has 0 atom stereocenters. The van der Waals surface area contributed by atoms with Crippen molar-refractivity contribution in [3.05, 3.63) is 29.8 Å². The van der Waals surface area contributed by atoms with Gasteiger partial charge in [-0.1, -0.05) is 38.3 Å². The first-order valence-electron chi connectivity index (χ1n) is 7.12. The quantitative estimate of drug-likeness (QED) is 0.857. The highest BCUT2D eigenvalue weighted by atomic mass is 32.2. The van der Waals surface area contributed by atoms with E-state index in [-0.39, 0.29) is 16.5 Å². The SMILES string of the molecule is CCN(C1CCCCC1)S(=O)(=O)c1ccccc1C#N. The lowest BCUT2D eigenvalue weighted by Crippen LogP contribution is -2.41. The second kappa shape index (κ2) is 6.38. The van der Waals surface area contributed by atoms with Gasteiger partial charge in [0.1, 0.15) is 6.07 Å². The molecule has 0 aromatic heterocycles. The second-order valence-corrected chi connectivity index (χ2v) is 6.97. The van der Waals surface area contributed by atoms with Gasteiger partial charge in [0.25, 0.3) is 0 Å². The van der Waals surface area contributed by atoms with Gasteiger partial charge in [0.2, 0.25) is 10.0 Å². The summed E-state index contributed by atoms with van der Waals surface area (Å²) >= 11 is 0. The van der Waals surface area contributed by atoms with Gasteiger partial charge in [0, 0.05) is 12.6 Å². The highest BCUT2D eigenvalue weighted by Gasteiger charge is 2.32. The molecule has 5 heteroatoms. The minimum Gasteiger partial charge on any atom is -0.207 e. The van der Waals surface area contributed by atoms with E-state index >= 15 is 0 Å². The summed E-state index contributed by atoms with van der Waals surface area (Å²) in [7, 11) is -3.58. The Labute approximate surface area is 121 Å². The molecule has 0 saturated heterocycles. The van der Waals surface area contributed by atoms with E-state index in [2.05, 4.69) is 0 Å². The average Bonchev–Trinajstić information content (AvgIpc) is 2.48. The van der Waals surface area contributed by atoms with Crippen molar-refractivity contribution in [1.82, 2.24) is 4.31 Å². The highest BCUT2D eigenvalue weighted by molar-refractivity contribution is 7.89. The Morgan fingerprint density at radius 3 is 2.50 bits per heavy atom. The molecule has 0 heterocycles. The summed E-state index contributed by atoms with van der Waals surface area (Å²) < 4.78 is 27.2. The van der Waals surface area contributed by atoms with Crippen LogP contribution in [0.3, 0.4) is 0 Å². The maximum atomic E-state index is 12.8. The maximum absolute atomic E-state index is 12.8. The lowest BCUT2D eigenvalue weighted by Gasteiger charge is -2.32. The standard InChI is InChI=1S/C15H20N2O2S/c1-2-17(14-9-4-3-5-10-14)20(18,19)15-11-7-6-8-13(15)12-16/h6-8,11,14H,2-5,9-10H2,1H3. The van der Waals surface area contributed by atoms with E-state index in [0.29, 0.717) is 6.54 Å². The minimum absolute atomic E-state index is 0.0745. The zero-order valence-corrected chi connectivity index (χ0v) is 12.6. The Balaban J connectivity index is 2.39. The van der Waals surface area contributed by atoms with Crippen molar-refractivity contribution < 1.29 is 8.42 Å². The Hall–Kier alpha value is -1.38. The fourth-order valence-corrected chi connectivity index (χ4v) is 4.74. The van der Waals surface area contributed by atoms with Crippen molar-refractivity contribution in [3.8, 4) is 6.07 Å². The van der Waals surface area contributed by atoms with Gasteiger partial charge in [0.05, 0.1) is 10.5 Å². The normalized spacial score (nSPS) is 17.1. The van der Waals surface area contributed by atoms with Crippen LogP contribution in [-0.4, -0.2) is 25.3 Å². The topological polar surface area (TPSA) is 61.2 Å². The van der Waals surface area contributed by atoms with Crippen LogP contribution in [0.15, 0.2) is 29.2 Å². The molecule has 1 aliphatic rings. The van der Waals surface area contributed by atoms with Gasteiger partial charge in [-0.25, -0.2) is 8.42 Å². The molecule has 0 bridgehead atoms. The van der Waals surface area contributed by atoms with Crippen LogP contribution in [0, 0.1) is 11.3 Å². The second-order valence-electron chi connectivity index (χ2n) is 5.11. The number of rotatable bonds is 4. The van der Waals surface area contributed by atoms with Gasteiger partial charge < -0.3 is 0 Å². The predicted octanol–water partition coefficient (Wildman–Crippen LogP) is 2.90. The smallest absolute Gasteiger partial charge is 0.207 e. The van der Waals surface area contributed by atoms with Crippen LogP contribution >= 0.6 is 0 Å². The van der Waals surface area contributed by atoms with E-state index in [9.17, 15) is 8.42 Å². The molecule has 0 spiro atoms. The summed E-state index contributed by atoms with van der Waals surface area (Å²) in [6.07, 6.45) is 5.18. The summed E-state index contributed by atoms with van der Waals surface area (Å²) in [4.78, 5) is 0.134. The van der Waals surface area contributed by atoms with E-state index < -0.39 is 10.0 Å². The largest absolute Gasteiger partial charge is 0.244 e. The third-order valence-electron chi connectivity index (χ3n) is 3.89. The molecule has 0 N–H and O–H groups in total. The van der Waals surface area contributed by atoms with Crippen molar-refractivity contribution in [2.45, 2.75) is 50.0 Å². The van der Waals surface area contributed by atoms with Gasteiger partial charge in [-0.2, -0.15) is 9.57 Å². The van der Waals surface area contributed by atoms with Crippen LogP contribution in [-0.2, 0) is 10.0 Å². The molecular formula is C15H20N2O2S. The number of hydrogen-bond donors (Lipinski definition) is 0. The monoisotopic (exact) mass is 292 g/mol. The van der Waals surface area contributed by atoms with Gasteiger partial charge in [-0.15, -0.1) is 0 Å². The van der Waals surface area contributed by atoms with Crippen molar-refractivity contribution in [3.63, 3.8) is 0 Å². The molecule has 1 saturated carbocycles. The molecule has 0 amide bonds. The van der Waals surface area contributed by atoms with Crippen LogP contribution in [0.4, 0.5) is 0 Å². The molecule has 0 unspecified atom stereocenters. The summed E-state index contributed by atoms with van der Waals surface area (Å²) in [5, 5.41) is 9.11. The van der Waals surface area contributed by atoms with Crippen molar-refractivity contribution in [2.75, 3.05) is 6.54 Å². The van der Waals surface area contributed by atoms with E-state index in [0.717, 1.165) is 25.7 Å². The first-order chi connectivity index (χ1) is 9.61. The number of sulfonamides is 1. The van der Waals surface area contributed by atoms with Crippen molar-refractivity contribution in [2.24, 2.45) is 0 Å². The van der Waals surface area contributed by atoms with Crippen LogP contribution in [0.25, 0.3) is 0 Å². The van der Waals surface area contributed by atoms with Crippen LogP contribution in [0.1, 0.15) is 44.6 Å². The molecule has 0 aliphatic heterocycles. The summed E-state index contributed by atoms with van der Waals surface area (Å²) in [6.45, 7) is 2.31. The fraction of sp³-hybridized carbons (Fsp3) is 0.533. The van der Waals surface area contributed by atoms with Gasteiger partial charge >= 0.3 is 0 Å². The van der Waals surface area contributed by atoms with Crippen molar-refractivity contribution in [1.29, 1.82) is 5.26 Å². The number of benzene rings is 1. The lowest BCUT2D eigenvalue weighted by atomic mass is 9.95. The summed E-state index contributed by atoms with van der Waals surface area (Å²) in [5.41, 5.74) is 0.224. The molecule has 2 rings (SSSR count). The zero-order chi connectivity index (χ0) is 14.6. The summed E-state index contributed by atoms with van der Waals surface area (Å²) in [5.74, 6) is 0. The summed E-state index contributed by atoms with van der Waals surface area (Å²) in [6, 6.07) is 8.49. The first-order valence-corrected chi connectivity index (χ1v) is 8.56. The molecule has 1 aromatic carbocycles. The van der Waals surface area contributed by atoms with E-state index in [1.807, 2.05) is 13.0 Å². The van der Waals surface area contributed by atoms with Crippen LogP contribution in [0.2, 0.25) is 0 Å². The number of nitrogens with zero attached hydrogens (tertiary/aromatic N) is 2. The number of nitriles is 1. The third kappa shape index (κ3) is 2.87. The van der Waals surface area contributed by atoms with Gasteiger partial charge in [0.15, 0.2) is 0 Å². The van der Waals surface area contributed by atoms with E-state index in [4.69, 9.17) is 5.26 Å². The molecule has 1 fully saturated rings. The molecule has 1 aliphatic carbocycles. The molecule has 20 heavy (non-hydrogen) atoms. The lowest BCUT2D eigenvalue weighted by molar-refractivity contribution is 0.261. The third-order valence-corrected chi connectivity index (χ3v) is 5.97. The average molecular weight is 292 g/mol. The first kappa shape index (κ1) is 15.0. The minimum atomic E-state index is -3.58. The van der Waals surface area contributed by atoms with E-state index in [1.54, 1.807) is 22.5 Å². The molecule has 108 valence electrons. The Morgan fingerprint density at radius 2 is 1.90 bits per heavy atom. The van der Waals surface area contributed by atoms with E-state index in [1.165, 1.54) is 12.5 Å². The Bertz CT molecular complexity index is 599. The van der Waals surface area contributed by atoms with Gasteiger partial charge in [-0.05, 0) is 25.0 Å². The molecule has 1 aromatic rings. The molecular weight excluding hydrogens is 272 g/mol. The van der Waals surface area contributed by atoms with Crippen LogP contribution in [0.5, 0.6) is 0 Å². The molecule has 4 nitrogen and oxygen atoms in total. The Kier molecular flexibility index (Phi) is 4.79. The fourth-order valence-electron chi connectivity index (χ4n) is 2.90. The zero-order valence-electron chi connectivity index (χ0n) is 11.7. The van der Waals surface area contributed by atoms with Crippen LogP contribution < -0.4 is 0 Å².